The fourth-order valence-electron chi connectivity index (χ4n) is 3.56. The van der Waals surface area contributed by atoms with Crippen LogP contribution in [0.2, 0.25) is 0 Å². The van der Waals surface area contributed by atoms with Crippen LogP contribution in [0.3, 0.4) is 0 Å². The van der Waals surface area contributed by atoms with Crippen LogP contribution in [0.5, 0.6) is 5.75 Å². The Kier molecular flexibility index (Phi) is 5.19. The Balaban J connectivity index is 1.94. The van der Waals surface area contributed by atoms with Crippen molar-refractivity contribution in [3.8, 4) is 5.75 Å². The second-order valence-corrected chi connectivity index (χ2v) is 7.05. The summed E-state index contributed by atoms with van der Waals surface area (Å²) in [5, 5.41) is 26.1. The largest absolute Gasteiger partial charge is 0.507 e. The molecule has 0 bridgehead atoms. The van der Waals surface area contributed by atoms with E-state index in [1.807, 2.05) is 0 Å². The Morgan fingerprint density at radius 1 is 1.19 bits per heavy atom. The zero-order chi connectivity index (χ0) is 23.0. The van der Waals surface area contributed by atoms with Crippen LogP contribution in [-0.4, -0.2) is 34.0 Å². The number of ketones is 1. The molecule has 1 atom stereocenters. The van der Waals surface area contributed by atoms with Crippen LogP contribution in [0.4, 0.5) is 11.5 Å². The summed E-state index contributed by atoms with van der Waals surface area (Å²) < 4.78 is 10.2. The molecule has 162 valence electrons. The van der Waals surface area contributed by atoms with E-state index in [2.05, 4.69) is 5.16 Å². The zero-order valence-corrected chi connectivity index (χ0v) is 17.0. The first kappa shape index (κ1) is 20.8. The second kappa shape index (κ2) is 7.99. The minimum Gasteiger partial charge on any atom is -0.507 e. The first-order valence-electron chi connectivity index (χ1n) is 9.45. The monoisotopic (exact) mass is 435 g/mol. The molecule has 3 aromatic rings. The topological polar surface area (TPSA) is 136 Å². The van der Waals surface area contributed by atoms with Crippen molar-refractivity contribution in [2.75, 3.05) is 12.0 Å². The lowest BCUT2D eigenvalue weighted by molar-refractivity contribution is -0.384. The molecule has 1 amide bonds. The Hall–Kier alpha value is -4.47. The number of amides is 1. The molecule has 1 fully saturated rings. The number of anilines is 1. The maximum absolute atomic E-state index is 13.0. The Morgan fingerprint density at radius 2 is 1.91 bits per heavy atom. The van der Waals surface area contributed by atoms with Gasteiger partial charge in [0.05, 0.1) is 23.6 Å². The van der Waals surface area contributed by atoms with Gasteiger partial charge in [-0.05, 0) is 36.8 Å². The molecule has 0 spiro atoms. The van der Waals surface area contributed by atoms with Crippen molar-refractivity contribution in [3.63, 3.8) is 0 Å². The van der Waals surface area contributed by atoms with Crippen LogP contribution in [0.15, 0.2) is 64.7 Å². The number of methoxy groups -OCH3 is 1. The molecule has 1 unspecified atom stereocenters. The normalized spacial score (nSPS) is 17.6. The molecule has 0 saturated carbocycles. The molecule has 2 aromatic carbocycles. The smallest absolute Gasteiger partial charge is 0.301 e. The van der Waals surface area contributed by atoms with Crippen molar-refractivity contribution < 1.29 is 28.9 Å². The number of ether oxygens (including phenoxy) is 1. The third-order valence-corrected chi connectivity index (χ3v) is 5.07. The highest BCUT2D eigenvalue weighted by molar-refractivity contribution is 6.51. The van der Waals surface area contributed by atoms with Gasteiger partial charge in [-0.3, -0.25) is 24.6 Å². The van der Waals surface area contributed by atoms with Crippen molar-refractivity contribution in [1.82, 2.24) is 5.16 Å². The van der Waals surface area contributed by atoms with Gasteiger partial charge in [0.15, 0.2) is 5.82 Å². The summed E-state index contributed by atoms with van der Waals surface area (Å²) >= 11 is 0. The van der Waals surface area contributed by atoms with Gasteiger partial charge in [0, 0.05) is 23.8 Å². The third kappa shape index (κ3) is 3.47. The summed E-state index contributed by atoms with van der Waals surface area (Å²) in [6.45, 7) is 1.62. The lowest BCUT2D eigenvalue weighted by Gasteiger charge is -2.22. The van der Waals surface area contributed by atoms with Crippen LogP contribution in [0.1, 0.15) is 22.9 Å². The number of Topliss-reactive ketones (excluding diaryl/α,β-unsaturated/α-hetero) is 1. The number of rotatable bonds is 5. The molecule has 2 heterocycles. The van der Waals surface area contributed by atoms with Gasteiger partial charge in [0.1, 0.15) is 17.3 Å². The van der Waals surface area contributed by atoms with E-state index >= 15 is 0 Å². The van der Waals surface area contributed by atoms with Gasteiger partial charge in [0.25, 0.3) is 11.5 Å². The summed E-state index contributed by atoms with van der Waals surface area (Å²) in [5.74, 6) is -1.33. The second-order valence-electron chi connectivity index (χ2n) is 7.05. The van der Waals surface area contributed by atoms with Gasteiger partial charge >= 0.3 is 5.91 Å². The Morgan fingerprint density at radius 3 is 2.50 bits per heavy atom. The molecular weight excluding hydrogens is 418 g/mol. The summed E-state index contributed by atoms with van der Waals surface area (Å²) in [5.41, 5.74) is 0.0832. The summed E-state index contributed by atoms with van der Waals surface area (Å²) in [6, 6.07) is 12.1. The summed E-state index contributed by atoms with van der Waals surface area (Å²) in [4.78, 5) is 37.8. The standard InChI is InChI=1S/C22H17N3O7/c1-12-10-17(23-32-12)24-19(14-4-3-5-15(11-14)25(29)30)18(21(27)22(24)28)20(26)13-6-8-16(31-2)9-7-13/h3-11,19,26H,1-2H3/b20-18-. The molecule has 0 aliphatic carbocycles. The number of hydrogen-bond donors (Lipinski definition) is 1. The predicted octanol–water partition coefficient (Wildman–Crippen LogP) is 3.53. The van der Waals surface area contributed by atoms with Crippen molar-refractivity contribution in [1.29, 1.82) is 0 Å². The summed E-state index contributed by atoms with van der Waals surface area (Å²) in [6.07, 6.45) is 0. The van der Waals surface area contributed by atoms with E-state index in [4.69, 9.17) is 9.26 Å². The SMILES string of the molecule is COc1ccc(/C(O)=C2/C(=O)C(=O)N(c3cc(C)on3)C2c2cccc([N+](=O)[O-])c2)cc1. The van der Waals surface area contributed by atoms with E-state index in [-0.39, 0.29) is 28.2 Å². The number of nitrogens with zero attached hydrogens (tertiary/aromatic N) is 3. The Bertz CT molecular complexity index is 1260. The molecule has 32 heavy (non-hydrogen) atoms. The Labute approximate surface area is 181 Å². The van der Waals surface area contributed by atoms with Crippen LogP contribution in [0, 0.1) is 17.0 Å². The molecule has 1 aromatic heterocycles. The highest BCUT2D eigenvalue weighted by Crippen LogP contribution is 2.42. The van der Waals surface area contributed by atoms with E-state index in [1.165, 1.54) is 49.6 Å². The van der Waals surface area contributed by atoms with Crippen LogP contribution < -0.4 is 9.64 Å². The number of carbonyl (C=O) groups is 2. The lowest BCUT2D eigenvalue weighted by Crippen LogP contribution is -2.29. The number of nitro groups is 1. The molecule has 1 N–H and O–H groups in total. The average Bonchev–Trinajstić information content (AvgIpc) is 3.34. The zero-order valence-electron chi connectivity index (χ0n) is 17.0. The van der Waals surface area contributed by atoms with Crippen LogP contribution in [0.25, 0.3) is 5.76 Å². The number of aliphatic hydroxyl groups excluding tert-OH is 1. The van der Waals surface area contributed by atoms with Gasteiger partial charge in [0.2, 0.25) is 0 Å². The predicted molar refractivity (Wildman–Crippen MR) is 112 cm³/mol. The van der Waals surface area contributed by atoms with Crippen molar-refractivity contribution >= 4 is 29.0 Å². The first-order valence-corrected chi connectivity index (χ1v) is 9.45. The highest BCUT2D eigenvalue weighted by Gasteiger charge is 2.48. The molecule has 1 aliphatic rings. The molecule has 1 aliphatic heterocycles. The van der Waals surface area contributed by atoms with E-state index in [9.17, 15) is 24.8 Å². The minimum atomic E-state index is -1.15. The quantitative estimate of drug-likeness (QED) is 0.211. The van der Waals surface area contributed by atoms with Gasteiger partial charge in [-0.2, -0.15) is 0 Å². The summed E-state index contributed by atoms with van der Waals surface area (Å²) in [7, 11) is 1.49. The molecule has 10 heteroatoms. The molecule has 1 saturated heterocycles. The number of carbonyl (C=O) groups excluding carboxylic acids is 2. The highest BCUT2D eigenvalue weighted by atomic mass is 16.6. The fraction of sp³-hybridized carbons (Fsp3) is 0.136. The minimum absolute atomic E-state index is 0.0508. The number of aryl methyl sites for hydroxylation is 1. The number of aromatic nitrogens is 1. The maximum atomic E-state index is 13.0. The van der Waals surface area contributed by atoms with Gasteiger partial charge in [-0.15, -0.1) is 0 Å². The van der Waals surface area contributed by atoms with Crippen molar-refractivity contribution in [2.24, 2.45) is 0 Å². The number of benzene rings is 2. The van der Waals surface area contributed by atoms with E-state index in [0.29, 0.717) is 11.5 Å². The maximum Gasteiger partial charge on any atom is 0.301 e. The molecule has 10 nitrogen and oxygen atoms in total. The van der Waals surface area contributed by atoms with E-state index in [0.717, 1.165) is 4.90 Å². The lowest BCUT2D eigenvalue weighted by atomic mass is 9.95. The fourth-order valence-corrected chi connectivity index (χ4v) is 3.56. The van der Waals surface area contributed by atoms with E-state index in [1.54, 1.807) is 19.1 Å². The average molecular weight is 435 g/mol. The molecular formula is C22H17N3O7. The molecule has 4 rings (SSSR count). The number of nitro benzene ring substituents is 1. The van der Waals surface area contributed by atoms with Gasteiger partial charge in [-0.25, -0.2) is 0 Å². The number of aliphatic hydroxyl groups is 1. The van der Waals surface area contributed by atoms with Gasteiger partial charge < -0.3 is 14.4 Å². The van der Waals surface area contributed by atoms with Gasteiger partial charge in [-0.1, -0.05) is 17.3 Å². The van der Waals surface area contributed by atoms with Crippen LogP contribution >= 0.6 is 0 Å². The number of non-ortho nitro benzene ring substituents is 1. The first-order chi connectivity index (χ1) is 15.3. The number of hydrogen-bond acceptors (Lipinski definition) is 8. The molecule has 0 radical (unpaired) electrons. The third-order valence-electron chi connectivity index (χ3n) is 5.07. The van der Waals surface area contributed by atoms with E-state index < -0.39 is 28.4 Å². The van der Waals surface area contributed by atoms with Crippen molar-refractivity contribution in [2.45, 2.75) is 13.0 Å². The van der Waals surface area contributed by atoms with Crippen molar-refractivity contribution in [3.05, 3.63) is 87.2 Å². The van der Waals surface area contributed by atoms with Crippen LogP contribution in [-0.2, 0) is 9.59 Å².